The molecule has 0 fully saturated rings. The third-order valence-corrected chi connectivity index (χ3v) is 3.65. The Morgan fingerprint density at radius 2 is 2.00 bits per heavy atom. The first-order chi connectivity index (χ1) is 11.4. The first kappa shape index (κ1) is 15.5. The summed E-state index contributed by atoms with van der Waals surface area (Å²) in [4.78, 5) is 40.3. The van der Waals surface area contributed by atoms with Gasteiger partial charge in [-0.05, 0) is 12.1 Å². The molecule has 2 N–H and O–H groups in total. The summed E-state index contributed by atoms with van der Waals surface area (Å²) in [6, 6.07) is 6.14. The fraction of sp³-hybridized carbons (Fsp3) is 0.200. The van der Waals surface area contributed by atoms with Crippen LogP contribution in [0.2, 0.25) is 0 Å². The summed E-state index contributed by atoms with van der Waals surface area (Å²) < 4.78 is 3.66. The van der Waals surface area contributed by atoms with Gasteiger partial charge in [-0.15, -0.1) is 0 Å². The molecule has 0 aliphatic heterocycles. The summed E-state index contributed by atoms with van der Waals surface area (Å²) in [7, 11) is 2.88. The molecule has 0 aliphatic rings. The third-order valence-electron chi connectivity index (χ3n) is 3.65. The lowest BCUT2D eigenvalue weighted by atomic mass is 10.3. The number of imidazole rings is 1. The molecule has 2 heterocycles. The molecule has 0 saturated carbocycles. The van der Waals surface area contributed by atoms with Gasteiger partial charge in [0, 0.05) is 25.8 Å². The number of aromatic hydroxyl groups is 1. The van der Waals surface area contributed by atoms with Crippen molar-refractivity contribution in [3.05, 3.63) is 51.4 Å². The monoisotopic (exact) mass is 329 g/mol. The molecular formula is C15H15N5O4. The smallest absolute Gasteiger partial charge is 0.332 e. The maximum Gasteiger partial charge on any atom is 0.332 e. The molecule has 1 aromatic carbocycles. The number of amides is 1. The van der Waals surface area contributed by atoms with E-state index in [0.717, 1.165) is 4.57 Å². The van der Waals surface area contributed by atoms with Gasteiger partial charge in [-0.2, -0.15) is 0 Å². The number of phenols is 1. The largest absolute Gasteiger partial charge is 0.508 e. The molecule has 24 heavy (non-hydrogen) atoms. The molecule has 2 aromatic heterocycles. The Bertz CT molecular complexity index is 1060. The van der Waals surface area contributed by atoms with E-state index in [0.29, 0.717) is 5.69 Å². The minimum Gasteiger partial charge on any atom is -0.508 e. The Hall–Kier alpha value is -3.36. The zero-order valence-corrected chi connectivity index (χ0v) is 13.1. The van der Waals surface area contributed by atoms with Crippen molar-refractivity contribution in [1.82, 2.24) is 18.7 Å². The Morgan fingerprint density at radius 1 is 1.25 bits per heavy atom. The number of nitrogens with one attached hydrogen (secondary N) is 1. The van der Waals surface area contributed by atoms with Crippen LogP contribution in [0.15, 0.2) is 40.2 Å². The molecule has 0 spiro atoms. The van der Waals surface area contributed by atoms with Crippen LogP contribution >= 0.6 is 0 Å². The normalized spacial score (nSPS) is 10.9. The van der Waals surface area contributed by atoms with Gasteiger partial charge in [-0.1, -0.05) is 6.07 Å². The molecule has 0 atom stereocenters. The van der Waals surface area contributed by atoms with E-state index in [2.05, 4.69) is 10.3 Å². The van der Waals surface area contributed by atoms with E-state index in [4.69, 9.17) is 0 Å². The number of fused-ring (bicyclic) bond motifs is 1. The molecule has 0 radical (unpaired) electrons. The van der Waals surface area contributed by atoms with Crippen molar-refractivity contribution in [2.75, 3.05) is 5.32 Å². The predicted molar refractivity (Wildman–Crippen MR) is 87.0 cm³/mol. The van der Waals surface area contributed by atoms with Crippen LogP contribution in [-0.4, -0.2) is 29.7 Å². The zero-order valence-electron chi connectivity index (χ0n) is 13.1. The van der Waals surface area contributed by atoms with Crippen LogP contribution in [0.1, 0.15) is 0 Å². The molecule has 3 aromatic rings. The molecular weight excluding hydrogens is 314 g/mol. The molecule has 0 saturated heterocycles. The molecule has 0 aliphatic carbocycles. The number of aromatic nitrogens is 4. The second-order valence-electron chi connectivity index (χ2n) is 5.35. The number of benzene rings is 1. The van der Waals surface area contributed by atoms with Gasteiger partial charge in [0.25, 0.3) is 5.56 Å². The van der Waals surface area contributed by atoms with Crippen LogP contribution in [0, 0.1) is 0 Å². The number of hydrogen-bond acceptors (Lipinski definition) is 5. The fourth-order valence-corrected chi connectivity index (χ4v) is 2.49. The lowest BCUT2D eigenvalue weighted by Crippen LogP contribution is -2.37. The number of carbonyl (C=O) groups is 1. The van der Waals surface area contributed by atoms with Gasteiger partial charge >= 0.3 is 5.69 Å². The van der Waals surface area contributed by atoms with E-state index in [1.807, 2.05) is 0 Å². The van der Waals surface area contributed by atoms with Crippen LogP contribution in [-0.2, 0) is 25.4 Å². The quantitative estimate of drug-likeness (QED) is 0.690. The first-order valence-electron chi connectivity index (χ1n) is 7.08. The molecule has 9 heteroatoms. The highest BCUT2D eigenvalue weighted by Gasteiger charge is 2.15. The van der Waals surface area contributed by atoms with Crippen molar-refractivity contribution >= 4 is 22.8 Å². The fourth-order valence-electron chi connectivity index (χ4n) is 2.49. The highest BCUT2D eigenvalue weighted by Crippen LogP contribution is 2.15. The first-order valence-corrected chi connectivity index (χ1v) is 7.08. The maximum atomic E-state index is 12.2. The van der Waals surface area contributed by atoms with Crippen LogP contribution in [0.4, 0.5) is 5.69 Å². The van der Waals surface area contributed by atoms with Crippen LogP contribution in [0.25, 0.3) is 11.2 Å². The minimum absolute atomic E-state index is 0.0341. The molecule has 0 unspecified atom stereocenters. The zero-order chi connectivity index (χ0) is 17.4. The Balaban J connectivity index is 1.95. The second kappa shape index (κ2) is 5.69. The lowest BCUT2D eigenvalue weighted by Gasteiger charge is -2.09. The van der Waals surface area contributed by atoms with E-state index in [1.165, 1.54) is 41.7 Å². The average Bonchev–Trinajstić information content (AvgIpc) is 2.94. The van der Waals surface area contributed by atoms with E-state index in [9.17, 15) is 19.5 Å². The second-order valence-corrected chi connectivity index (χ2v) is 5.35. The Morgan fingerprint density at radius 3 is 2.71 bits per heavy atom. The highest BCUT2D eigenvalue weighted by atomic mass is 16.3. The minimum atomic E-state index is -0.514. The number of nitrogens with zero attached hydrogens (tertiary/aromatic N) is 4. The summed E-state index contributed by atoms with van der Waals surface area (Å²) in [5.74, 6) is -0.347. The van der Waals surface area contributed by atoms with Gasteiger partial charge in [-0.3, -0.25) is 18.7 Å². The lowest BCUT2D eigenvalue weighted by molar-refractivity contribution is -0.116. The van der Waals surface area contributed by atoms with Crippen molar-refractivity contribution in [3.8, 4) is 5.75 Å². The number of hydrogen-bond donors (Lipinski definition) is 2. The van der Waals surface area contributed by atoms with Crippen molar-refractivity contribution < 1.29 is 9.90 Å². The van der Waals surface area contributed by atoms with E-state index < -0.39 is 11.2 Å². The van der Waals surface area contributed by atoms with Crippen molar-refractivity contribution in [3.63, 3.8) is 0 Å². The standard InChI is InChI=1S/C15H15N5O4/c1-18-13-12(14(23)19(2)15(18)24)16-8-20(13)7-11(22)17-9-4-3-5-10(21)6-9/h3-6,8,21H,7H2,1-2H3,(H,17,22). The van der Waals surface area contributed by atoms with E-state index in [1.54, 1.807) is 12.1 Å². The average molecular weight is 329 g/mol. The molecule has 9 nitrogen and oxygen atoms in total. The number of rotatable bonds is 3. The predicted octanol–water partition coefficient (Wildman–Crippen LogP) is -0.222. The van der Waals surface area contributed by atoms with Gasteiger partial charge in [0.2, 0.25) is 5.91 Å². The van der Waals surface area contributed by atoms with Crippen molar-refractivity contribution in [1.29, 1.82) is 0 Å². The summed E-state index contributed by atoms with van der Waals surface area (Å²) in [6.45, 7) is -0.132. The van der Waals surface area contributed by atoms with Crippen LogP contribution in [0.5, 0.6) is 5.75 Å². The Labute approximate surface area is 135 Å². The molecule has 124 valence electrons. The highest BCUT2D eigenvalue weighted by molar-refractivity contribution is 5.91. The number of phenolic OH excluding ortho intramolecular Hbond substituents is 1. The van der Waals surface area contributed by atoms with E-state index >= 15 is 0 Å². The number of carbonyl (C=O) groups excluding carboxylic acids is 1. The van der Waals surface area contributed by atoms with Crippen LogP contribution < -0.4 is 16.6 Å². The molecule has 1 amide bonds. The SMILES string of the molecule is Cn1c(=O)c2ncn(CC(=O)Nc3cccc(O)c3)c2n(C)c1=O. The van der Waals surface area contributed by atoms with Crippen molar-refractivity contribution in [2.45, 2.75) is 6.54 Å². The van der Waals surface area contributed by atoms with Gasteiger partial charge < -0.3 is 15.0 Å². The van der Waals surface area contributed by atoms with Crippen molar-refractivity contribution in [2.24, 2.45) is 14.1 Å². The van der Waals surface area contributed by atoms with Crippen LogP contribution in [0.3, 0.4) is 0 Å². The van der Waals surface area contributed by atoms with Gasteiger partial charge in [0.05, 0.1) is 6.33 Å². The molecule has 3 rings (SSSR count). The molecule has 0 bridgehead atoms. The number of anilines is 1. The summed E-state index contributed by atoms with van der Waals surface area (Å²) >= 11 is 0. The Kier molecular flexibility index (Phi) is 3.68. The number of aryl methyl sites for hydroxylation is 1. The third kappa shape index (κ3) is 2.56. The topological polar surface area (TPSA) is 111 Å². The maximum absolute atomic E-state index is 12.2. The van der Waals surface area contributed by atoms with E-state index in [-0.39, 0.29) is 29.4 Å². The van der Waals surface area contributed by atoms with Gasteiger partial charge in [-0.25, -0.2) is 9.78 Å². The summed E-state index contributed by atoms with van der Waals surface area (Å²) in [5.41, 5.74) is -0.184. The van der Waals surface area contributed by atoms with Gasteiger partial charge in [0.15, 0.2) is 5.52 Å². The van der Waals surface area contributed by atoms with Gasteiger partial charge in [0.1, 0.15) is 17.9 Å². The summed E-state index contributed by atoms with van der Waals surface area (Å²) in [6.07, 6.45) is 1.34. The summed E-state index contributed by atoms with van der Waals surface area (Å²) in [5, 5.41) is 12.0.